The van der Waals surface area contributed by atoms with Gasteiger partial charge in [0.1, 0.15) is 5.82 Å². The number of nitrogens with one attached hydrogen (secondary N) is 1. The minimum absolute atomic E-state index is 0.479. The molecule has 5 heteroatoms. The maximum atomic E-state index is 5.70. The van der Waals surface area contributed by atoms with E-state index in [1.54, 1.807) is 18.0 Å². The number of nitrogens with zero attached hydrogens (tertiary/aromatic N) is 1. The molecular formula is C11H10BrClN2S. The van der Waals surface area contributed by atoms with Crippen LogP contribution in [0.15, 0.2) is 39.8 Å². The van der Waals surface area contributed by atoms with E-state index < -0.39 is 0 Å². The Hall–Kier alpha value is -0.450. The molecule has 2 aromatic rings. The van der Waals surface area contributed by atoms with Crippen LogP contribution in [0.4, 0.5) is 0 Å². The fraction of sp³-hybridized carbons (Fsp3) is 0.182. The summed E-state index contributed by atoms with van der Waals surface area (Å²) in [5.41, 5.74) is 0.962. The number of thioether (sulfide) groups is 1. The summed E-state index contributed by atoms with van der Waals surface area (Å²) in [5.74, 6) is 2.25. The lowest BCUT2D eigenvalue weighted by Crippen LogP contribution is -1.85. The fourth-order valence-corrected chi connectivity index (χ4v) is 2.84. The van der Waals surface area contributed by atoms with Gasteiger partial charge in [-0.05, 0) is 28.1 Å². The average Bonchev–Trinajstić information content (AvgIpc) is 2.76. The SMILES string of the molecule is ClCc1cnc(CSc2ccccc2Br)[nH]1. The topological polar surface area (TPSA) is 28.7 Å². The van der Waals surface area contributed by atoms with E-state index in [4.69, 9.17) is 11.6 Å². The molecule has 1 N–H and O–H groups in total. The summed E-state index contributed by atoms with van der Waals surface area (Å²) in [6.45, 7) is 0. The Morgan fingerprint density at radius 3 is 2.88 bits per heavy atom. The van der Waals surface area contributed by atoms with Crippen LogP contribution in [-0.2, 0) is 11.6 Å². The van der Waals surface area contributed by atoms with Crippen molar-refractivity contribution in [2.75, 3.05) is 0 Å². The average molecular weight is 318 g/mol. The van der Waals surface area contributed by atoms with Crippen LogP contribution >= 0.6 is 39.3 Å². The Morgan fingerprint density at radius 2 is 2.19 bits per heavy atom. The third kappa shape index (κ3) is 3.03. The third-order valence-corrected chi connectivity index (χ3v) is 4.35. The minimum atomic E-state index is 0.479. The van der Waals surface area contributed by atoms with Gasteiger partial charge in [0.2, 0.25) is 0 Å². The molecule has 0 spiro atoms. The number of H-pyrrole nitrogens is 1. The standard InChI is InChI=1S/C11H10BrClN2S/c12-9-3-1-2-4-10(9)16-7-11-14-6-8(5-13)15-11/h1-4,6H,5,7H2,(H,14,15). The van der Waals surface area contributed by atoms with E-state index in [0.717, 1.165) is 21.7 Å². The maximum absolute atomic E-state index is 5.70. The van der Waals surface area contributed by atoms with Crippen molar-refractivity contribution in [2.24, 2.45) is 0 Å². The molecule has 2 nitrogen and oxygen atoms in total. The molecule has 0 bridgehead atoms. The second-order valence-corrected chi connectivity index (χ2v) is 5.35. The molecule has 16 heavy (non-hydrogen) atoms. The molecule has 2 rings (SSSR count). The molecule has 0 aliphatic rings. The van der Waals surface area contributed by atoms with E-state index in [1.165, 1.54) is 4.90 Å². The van der Waals surface area contributed by atoms with Crippen LogP contribution in [0.1, 0.15) is 11.5 Å². The Labute approximate surface area is 112 Å². The zero-order valence-electron chi connectivity index (χ0n) is 8.41. The van der Waals surface area contributed by atoms with Gasteiger partial charge in [0.25, 0.3) is 0 Å². The lowest BCUT2D eigenvalue weighted by atomic mass is 10.4. The molecule has 0 fully saturated rings. The van der Waals surface area contributed by atoms with E-state index in [0.29, 0.717) is 5.88 Å². The molecule has 0 aliphatic heterocycles. The number of benzene rings is 1. The van der Waals surface area contributed by atoms with E-state index in [9.17, 15) is 0 Å². The third-order valence-electron chi connectivity index (χ3n) is 2.03. The lowest BCUT2D eigenvalue weighted by molar-refractivity contribution is 1.09. The van der Waals surface area contributed by atoms with Crippen molar-refractivity contribution < 1.29 is 0 Å². The van der Waals surface area contributed by atoms with Gasteiger partial charge < -0.3 is 4.98 Å². The predicted molar refractivity (Wildman–Crippen MR) is 71.8 cm³/mol. The van der Waals surface area contributed by atoms with Gasteiger partial charge in [0.05, 0.1) is 11.6 Å². The first-order valence-corrected chi connectivity index (χ1v) is 7.07. The van der Waals surface area contributed by atoms with Gasteiger partial charge in [-0.2, -0.15) is 0 Å². The number of hydrogen-bond donors (Lipinski definition) is 1. The number of alkyl halides is 1. The van der Waals surface area contributed by atoms with Crippen LogP contribution in [-0.4, -0.2) is 9.97 Å². The Balaban J connectivity index is 1.99. The van der Waals surface area contributed by atoms with Crippen LogP contribution in [0.3, 0.4) is 0 Å². The maximum Gasteiger partial charge on any atom is 0.116 e. The highest BCUT2D eigenvalue weighted by atomic mass is 79.9. The largest absolute Gasteiger partial charge is 0.344 e. The molecule has 0 radical (unpaired) electrons. The first-order valence-electron chi connectivity index (χ1n) is 4.75. The van der Waals surface area contributed by atoms with Gasteiger partial charge in [-0.1, -0.05) is 12.1 Å². The highest BCUT2D eigenvalue weighted by Gasteiger charge is 2.03. The lowest BCUT2D eigenvalue weighted by Gasteiger charge is -2.01. The van der Waals surface area contributed by atoms with E-state index in [-0.39, 0.29) is 0 Å². The molecule has 1 aromatic heterocycles. The van der Waals surface area contributed by atoms with Crippen molar-refractivity contribution in [2.45, 2.75) is 16.5 Å². The van der Waals surface area contributed by atoms with Gasteiger partial charge in [-0.15, -0.1) is 23.4 Å². The molecule has 84 valence electrons. The fourth-order valence-electron chi connectivity index (χ4n) is 1.25. The molecule has 1 heterocycles. The van der Waals surface area contributed by atoms with Crippen molar-refractivity contribution in [1.29, 1.82) is 0 Å². The quantitative estimate of drug-likeness (QED) is 0.676. The highest BCUT2D eigenvalue weighted by molar-refractivity contribution is 9.10. The summed E-state index contributed by atoms with van der Waals surface area (Å²) in [5, 5.41) is 0. The van der Waals surface area contributed by atoms with Gasteiger partial charge in [0.15, 0.2) is 0 Å². The van der Waals surface area contributed by atoms with Crippen molar-refractivity contribution in [3.05, 3.63) is 46.5 Å². The van der Waals surface area contributed by atoms with Crippen LogP contribution in [0.2, 0.25) is 0 Å². The second-order valence-electron chi connectivity index (χ2n) is 3.21. The molecule has 0 amide bonds. The van der Waals surface area contributed by atoms with Crippen LogP contribution in [0.5, 0.6) is 0 Å². The monoisotopic (exact) mass is 316 g/mol. The number of imidazole rings is 1. The van der Waals surface area contributed by atoms with Crippen LogP contribution in [0, 0.1) is 0 Å². The van der Waals surface area contributed by atoms with Crippen molar-refractivity contribution in [1.82, 2.24) is 9.97 Å². The molecular weight excluding hydrogens is 308 g/mol. The normalized spacial score (nSPS) is 10.6. The predicted octanol–water partition coefficient (Wildman–Crippen LogP) is 4.20. The van der Waals surface area contributed by atoms with E-state index in [2.05, 4.69) is 32.0 Å². The summed E-state index contributed by atoms with van der Waals surface area (Å²) < 4.78 is 1.11. The van der Waals surface area contributed by atoms with Gasteiger partial charge >= 0.3 is 0 Å². The van der Waals surface area contributed by atoms with Crippen LogP contribution < -0.4 is 0 Å². The Bertz CT molecular complexity index is 473. The Kier molecular flexibility index (Phi) is 4.32. The summed E-state index contributed by atoms with van der Waals surface area (Å²) in [7, 11) is 0. The number of aromatic nitrogens is 2. The van der Waals surface area contributed by atoms with Crippen molar-refractivity contribution >= 4 is 39.3 Å². The zero-order chi connectivity index (χ0) is 11.4. The summed E-state index contributed by atoms with van der Waals surface area (Å²) in [6.07, 6.45) is 1.78. The molecule has 0 saturated carbocycles. The minimum Gasteiger partial charge on any atom is -0.344 e. The number of rotatable bonds is 4. The number of aromatic amines is 1. The summed E-state index contributed by atoms with van der Waals surface area (Å²) in [4.78, 5) is 8.64. The zero-order valence-corrected chi connectivity index (χ0v) is 11.6. The summed E-state index contributed by atoms with van der Waals surface area (Å²) in [6, 6.07) is 8.15. The smallest absolute Gasteiger partial charge is 0.116 e. The Morgan fingerprint density at radius 1 is 1.38 bits per heavy atom. The number of halogens is 2. The van der Waals surface area contributed by atoms with Crippen LogP contribution in [0.25, 0.3) is 0 Å². The van der Waals surface area contributed by atoms with Crippen molar-refractivity contribution in [3.63, 3.8) is 0 Å². The second kappa shape index (κ2) is 5.75. The van der Waals surface area contributed by atoms with Gasteiger partial charge in [-0.3, -0.25) is 0 Å². The van der Waals surface area contributed by atoms with Crippen molar-refractivity contribution in [3.8, 4) is 0 Å². The van der Waals surface area contributed by atoms with Gasteiger partial charge in [-0.25, -0.2) is 4.98 Å². The van der Waals surface area contributed by atoms with E-state index in [1.807, 2.05) is 18.2 Å². The van der Waals surface area contributed by atoms with Gasteiger partial charge in [0, 0.05) is 21.3 Å². The molecule has 1 aromatic carbocycles. The molecule has 0 atom stereocenters. The molecule has 0 saturated heterocycles. The first-order chi connectivity index (χ1) is 7.79. The van der Waals surface area contributed by atoms with E-state index >= 15 is 0 Å². The summed E-state index contributed by atoms with van der Waals surface area (Å²) >= 11 is 11.0. The highest BCUT2D eigenvalue weighted by Crippen LogP contribution is 2.28. The first kappa shape index (κ1) is 12.0. The molecule has 0 unspecified atom stereocenters. The number of hydrogen-bond acceptors (Lipinski definition) is 2. The molecule has 0 aliphatic carbocycles.